The molecule has 0 spiro atoms. The molecule has 0 radical (unpaired) electrons. The summed E-state index contributed by atoms with van der Waals surface area (Å²) in [5.41, 5.74) is -0.194. The Labute approximate surface area is 91.8 Å². The number of nitriles is 1. The first-order valence-electron chi connectivity index (χ1n) is 4.30. The van der Waals surface area contributed by atoms with Gasteiger partial charge in [0, 0.05) is 11.6 Å². The molecule has 1 aromatic carbocycles. The second-order valence-electron chi connectivity index (χ2n) is 2.90. The largest absolute Gasteiger partial charge is 0.507 e. The summed E-state index contributed by atoms with van der Waals surface area (Å²) >= 11 is 0. The van der Waals surface area contributed by atoms with E-state index in [1.54, 1.807) is 6.07 Å². The smallest absolute Gasteiger partial charge is 0.346 e. The minimum Gasteiger partial charge on any atom is -0.507 e. The summed E-state index contributed by atoms with van der Waals surface area (Å²) in [6.07, 6.45) is 1.09. The monoisotopic (exact) mass is 219 g/mol. The van der Waals surface area contributed by atoms with Gasteiger partial charge in [-0.25, -0.2) is 4.79 Å². The Bertz CT molecular complexity index is 485. The van der Waals surface area contributed by atoms with Crippen molar-refractivity contribution in [1.29, 1.82) is 5.26 Å². The lowest BCUT2D eigenvalue weighted by Crippen LogP contribution is -1.97. The Morgan fingerprint density at radius 3 is 2.69 bits per heavy atom. The molecule has 0 aliphatic heterocycles. The third-order valence-electron chi connectivity index (χ3n) is 1.89. The molecule has 0 saturated carbocycles. The van der Waals surface area contributed by atoms with E-state index in [2.05, 4.69) is 0 Å². The minimum absolute atomic E-state index is 0.145. The summed E-state index contributed by atoms with van der Waals surface area (Å²) in [5.74, 6) is -1.03. The first kappa shape index (κ1) is 11.6. The van der Waals surface area contributed by atoms with Gasteiger partial charge in [-0.05, 0) is 18.2 Å². The Kier molecular flexibility index (Phi) is 3.51. The van der Waals surface area contributed by atoms with Crippen LogP contribution < -0.4 is 4.74 Å². The van der Waals surface area contributed by atoms with Crippen molar-refractivity contribution in [3.63, 3.8) is 0 Å². The summed E-state index contributed by atoms with van der Waals surface area (Å²) in [6, 6.07) is 5.89. The fourth-order valence-corrected chi connectivity index (χ4v) is 1.07. The summed E-state index contributed by atoms with van der Waals surface area (Å²) in [7, 11) is 1.45. The number of carbonyl (C=O) groups is 1. The lowest BCUT2D eigenvalue weighted by molar-refractivity contribution is -0.132. The number of phenols is 1. The highest BCUT2D eigenvalue weighted by atomic mass is 16.5. The van der Waals surface area contributed by atoms with Crippen LogP contribution in [0.5, 0.6) is 11.5 Å². The zero-order valence-electron chi connectivity index (χ0n) is 8.47. The predicted octanol–water partition coefficient (Wildman–Crippen LogP) is 1.39. The number of carboxylic acid groups (broad SMARTS) is 1. The van der Waals surface area contributed by atoms with E-state index in [0.29, 0.717) is 5.75 Å². The maximum Gasteiger partial charge on any atom is 0.346 e. The van der Waals surface area contributed by atoms with Gasteiger partial charge in [0.1, 0.15) is 23.1 Å². The van der Waals surface area contributed by atoms with Crippen LogP contribution in [0.15, 0.2) is 23.8 Å². The van der Waals surface area contributed by atoms with E-state index in [4.69, 9.17) is 15.1 Å². The van der Waals surface area contributed by atoms with Gasteiger partial charge < -0.3 is 14.9 Å². The highest BCUT2D eigenvalue weighted by Crippen LogP contribution is 2.25. The zero-order chi connectivity index (χ0) is 12.1. The fourth-order valence-electron chi connectivity index (χ4n) is 1.07. The molecule has 0 atom stereocenters. The highest BCUT2D eigenvalue weighted by Gasteiger charge is 2.08. The van der Waals surface area contributed by atoms with Gasteiger partial charge in [0.25, 0.3) is 0 Å². The molecule has 0 aromatic heterocycles. The molecule has 0 bridgehead atoms. The van der Waals surface area contributed by atoms with Gasteiger partial charge in [0.15, 0.2) is 0 Å². The Balaban J connectivity index is 3.16. The van der Waals surface area contributed by atoms with Gasteiger partial charge in [0.05, 0.1) is 7.11 Å². The number of ether oxygens (including phenoxy) is 1. The number of phenolic OH excluding ortho intramolecular Hbond substituents is 1. The molecule has 82 valence electrons. The van der Waals surface area contributed by atoms with Crippen LogP contribution in [0.2, 0.25) is 0 Å². The quantitative estimate of drug-likeness (QED) is 0.592. The number of rotatable bonds is 3. The zero-order valence-corrected chi connectivity index (χ0v) is 8.47. The molecule has 0 aliphatic carbocycles. The molecule has 1 aromatic rings. The van der Waals surface area contributed by atoms with Crippen LogP contribution in [0, 0.1) is 11.3 Å². The topological polar surface area (TPSA) is 90.5 Å². The normalized spacial score (nSPS) is 10.6. The second-order valence-corrected chi connectivity index (χ2v) is 2.90. The lowest BCUT2D eigenvalue weighted by Gasteiger charge is -2.03. The number of aromatic hydroxyl groups is 1. The second kappa shape index (κ2) is 4.84. The van der Waals surface area contributed by atoms with E-state index >= 15 is 0 Å². The molecular weight excluding hydrogens is 210 g/mol. The lowest BCUT2D eigenvalue weighted by atomic mass is 10.1. The summed E-state index contributed by atoms with van der Waals surface area (Å²) in [6.45, 7) is 0. The van der Waals surface area contributed by atoms with Crippen molar-refractivity contribution in [1.82, 2.24) is 0 Å². The van der Waals surface area contributed by atoms with E-state index in [-0.39, 0.29) is 11.3 Å². The molecule has 1 rings (SSSR count). The molecule has 2 N–H and O–H groups in total. The van der Waals surface area contributed by atoms with Crippen molar-refractivity contribution in [2.45, 2.75) is 0 Å². The standard InChI is InChI=1S/C11H9NO4/c1-16-9-3-2-7(10(13)5-9)4-8(6-12)11(14)15/h2-5,13H,1H3,(H,14,15)/b8-4+. The van der Waals surface area contributed by atoms with Crippen LogP contribution in [-0.2, 0) is 4.79 Å². The number of hydrogen-bond donors (Lipinski definition) is 2. The fraction of sp³-hybridized carbons (Fsp3) is 0.0909. The molecule has 0 amide bonds. The van der Waals surface area contributed by atoms with Crippen LogP contribution in [0.4, 0.5) is 0 Å². The van der Waals surface area contributed by atoms with Gasteiger partial charge >= 0.3 is 5.97 Å². The van der Waals surface area contributed by atoms with Gasteiger partial charge in [-0.2, -0.15) is 5.26 Å². The Morgan fingerprint density at radius 2 is 2.25 bits per heavy atom. The molecular formula is C11H9NO4. The summed E-state index contributed by atoms with van der Waals surface area (Å²) < 4.78 is 4.87. The number of hydrogen-bond acceptors (Lipinski definition) is 4. The van der Waals surface area contributed by atoms with Gasteiger partial charge in [0.2, 0.25) is 0 Å². The summed E-state index contributed by atoms with van der Waals surface area (Å²) in [5, 5.41) is 26.7. The highest BCUT2D eigenvalue weighted by molar-refractivity contribution is 5.96. The van der Waals surface area contributed by atoms with Crippen LogP contribution in [0.25, 0.3) is 6.08 Å². The minimum atomic E-state index is -1.34. The van der Waals surface area contributed by atoms with Crippen LogP contribution >= 0.6 is 0 Å². The average molecular weight is 219 g/mol. The van der Waals surface area contributed by atoms with E-state index in [0.717, 1.165) is 6.08 Å². The van der Waals surface area contributed by atoms with Crippen LogP contribution in [0.3, 0.4) is 0 Å². The predicted molar refractivity (Wildman–Crippen MR) is 55.9 cm³/mol. The van der Waals surface area contributed by atoms with Crippen LogP contribution in [0.1, 0.15) is 5.56 Å². The molecule has 5 heteroatoms. The third kappa shape index (κ3) is 2.51. The number of nitrogens with zero attached hydrogens (tertiary/aromatic N) is 1. The first-order chi connectivity index (χ1) is 7.58. The molecule has 0 aliphatic rings. The van der Waals surface area contributed by atoms with Gasteiger partial charge in [-0.3, -0.25) is 0 Å². The third-order valence-corrected chi connectivity index (χ3v) is 1.89. The van der Waals surface area contributed by atoms with Crippen LogP contribution in [-0.4, -0.2) is 23.3 Å². The number of carboxylic acids is 1. The van der Waals surface area contributed by atoms with Crippen molar-refractivity contribution >= 4 is 12.0 Å². The number of aliphatic carboxylic acids is 1. The van der Waals surface area contributed by atoms with Crippen molar-refractivity contribution < 1.29 is 19.7 Å². The van der Waals surface area contributed by atoms with Gasteiger partial charge in [-0.1, -0.05) is 0 Å². The first-order valence-corrected chi connectivity index (χ1v) is 4.30. The van der Waals surface area contributed by atoms with E-state index in [9.17, 15) is 9.90 Å². The molecule has 0 heterocycles. The van der Waals surface area contributed by atoms with E-state index in [1.165, 1.54) is 25.3 Å². The van der Waals surface area contributed by atoms with Gasteiger partial charge in [-0.15, -0.1) is 0 Å². The molecule has 0 unspecified atom stereocenters. The maximum atomic E-state index is 10.6. The molecule has 0 saturated heterocycles. The Morgan fingerprint density at radius 1 is 1.56 bits per heavy atom. The average Bonchev–Trinajstić information content (AvgIpc) is 2.26. The number of methoxy groups -OCH3 is 1. The molecule has 0 fully saturated rings. The van der Waals surface area contributed by atoms with E-state index < -0.39 is 11.5 Å². The van der Waals surface area contributed by atoms with Crippen molar-refractivity contribution in [2.24, 2.45) is 0 Å². The van der Waals surface area contributed by atoms with E-state index in [1.807, 2.05) is 0 Å². The maximum absolute atomic E-state index is 10.6. The Hall–Kier alpha value is -2.48. The van der Waals surface area contributed by atoms with Crippen molar-refractivity contribution in [2.75, 3.05) is 7.11 Å². The number of benzene rings is 1. The van der Waals surface area contributed by atoms with Crippen molar-refractivity contribution in [3.05, 3.63) is 29.3 Å². The molecule has 5 nitrogen and oxygen atoms in total. The molecule has 16 heavy (non-hydrogen) atoms. The SMILES string of the molecule is COc1ccc(/C=C(\C#N)C(=O)O)c(O)c1. The summed E-state index contributed by atoms with van der Waals surface area (Å²) in [4.78, 5) is 10.6. The van der Waals surface area contributed by atoms with Crippen molar-refractivity contribution in [3.8, 4) is 17.6 Å².